The number of nitrogens with zero attached hydrogens (tertiary/aromatic N) is 3. The third-order valence-electron chi connectivity index (χ3n) is 11.0. The Labute approximate surface area is 412 Å². The lowest BCUT2D eigenvalue weighted by Gasteiger charge is -2.33. The van der Waals surface area contributed by atoms with Crippen LogP contribution < -0.4 is 37.3 Å². The number of nitrogens with one attached hydrogen (secondary N) is 7. The first-order valence-corrected chi connectivity index (χ1v) is 22.9. The van der Waals surface area contributed by atoms with Crippen LogP contribution in [0.3, 0.4) is 0 Å². The van der Waals surface area contributed by atoms with E-state index in [0.29, 0.717) is 12.8 Å². The van der Waals surface area contributed by atoms with E-state index in [4.69, 9.17) is 0 Å². The van der Waals surface area contributed by atoms with Crippen molar-refractivity contribution < 1.29 is 82.9 Å². The van der Waals surface area contributed by atoms with Crippen LogP contribution in [-0.4, -0.2) is 168 Å². The number of carbonyl (C=O) groups excluding carboxylic acids is 9. The molecule has 72 heavy (non-hydrogen) atoms. The largest absolute Gasteiger partial charge is 0.481 e. The van der Waals surface area contributed by atoms with E-state index in [1.165, 1.54) is 30.9 Å². The topological polar surface area (TPSA) is 420 Å². The lowest BCUT2D eigenvalue weighted by molar-refractivity contribution is -0.384. The van der Waals surface area contributed by atoms with Gasteiger partial charge >= 0.3 is 17.9 Å². The minimum absolute atomic E-state index is 0.0432. The van der Waals surface area contributed by atoms with E-state index in [2.05, 4.69) is 37.3 Å². The van der Waals surface area contributed by atoms with Gasteiger partial charge in [-0.2, -0.15) is 0 Å². The number of hydrogen-bond donors (Lipinski definition) is 11. The second-order valence-electron chi connectivity index (χ2n) is 17.6. The van der Waals surface area contributed by atoms with Crippen LogP contribution in [0.2, 0.25) is 0 Å². The molecule has 398 valence electrons. The number of aliphatic hydroxyl groups excluding tert-OH is 1. The van der Waals surface area contributed by atoms with Crippen molar-refractivity contribution in [3.63, 3.8) is 0 Å². The maximum absolute atomic E-state index is 14.2. The summed E-state index contributed by atoms with van der Waals surface area (Å²) in [7, 11) is 0. The number of amides is 9. The number of hydrazine groups is 1. The molecule has 0 aliphatic carbocycles. The Bertz CT molecular complexity index is 2190. The molecule has 28 heteroatoms. The predicted molar refractivity (Wildman–Crippen MR) is 247 cm³/mol. The maximum Gasteiger partial charge on any atom is 0.305 e. The zero-order valence-electron chi connectivity index (χ0n) is 40.8. The number of carbonyl (C=O) groups is 12. The molecule has 0 saturated carbocycles. The second kappa shape index (κ2) is 28.2. The Morgan fingerprint density at radius 2 is 1.18 bits per heavy atom. The van der Waals surface area contributed by atoms with Gasteiger partial charge in [0.1, 0.15) is 42.3 Å². The van der Waals surface area contributed by atoms with Crippen molar-refractivity contribution in [2.75, 3.05) is 13.1 Å². The molecule has 1 aromatic carbocycles. The van der Waals surface area contributed by atoms with E-state index in [-0.39, 0.29) is 30.8 Å². The predicted octanol–water partition coefficient (Wildman–Crippen LogP) is -2.10. The second-order valence-corrected chi connectivity index (χ2v) is 17.6. The number of aliphatic carboxylic acids is 3. The monoisotopic (exact) mass is 1020 g/mol. The first kappa shape index (κ1) is 60.3. The number of nitro benzene ring substituents is 1. The molecule has 1 aliphatic heterocycles. The lowest BCUT2D eigenvalue weighted by Crippen LogP contribution is -2.62. The summed E-state index contributed by atoms with van der Waals surface area (Å²) < 4.78 is 0. The Balaban J connectivity index is 2.32. The average molecular weight is 1020 g/mol. The summed E-state index contributed by atoms with van der Waals surface area (Å²) in [5, 5.41) is 64.1. The smallest absolute Gasteiger partial charge is 0.305 e. The Hall–Kier alpha value is -7.78. The van der Waals surface area contributed by atoms with Gasteiger partial charge in [0, 0.05) is 44.1 Å². The zero-order valence-corrected chi connectivity index (χ0v) is 40.8. The van der Waals surface area contributed by atoms with Gasteiger partial charge in [0.15, 0.2) is 0 Å². The van der Waals surface area contributed by atoms with Gasteiger partial charge in [-0.15, -0.1) is 0 Å². The fourth-order valence-corrected chi connectivity index (χ4v) is 7.29. The fourth-order valence-electron chi connectivity index (χ4n) is 7.29. The van der Waals surface area contributed by atoms with Crippen LogP contribution in [0.15, 0.2) is 24.3 Å². The number of benzene rings is 1. The number of likely N-dealkylation sites (tertiary alicyclic amines) is 1. The molecule has 1 aliphatic rings. The van der Waals surface area contributed by atoms with E-state index in [1.807, 2.05) is 0 Å². The summed E-state index contributed by atoms with van der Waals surface area (Å²) in [5.74, 6) is -15.0. The van der Waals surface area contributed by atoms with E-state index in [1.54, 1.807) is 20.8 Å². The standard InChI is InChI=1S/C44H64N10O18/c1-8-17-53(43(69)25-11-13-26(14-12-25)54(71)72)51-40(66)30-10-9-18-52(30)44(70)35(22(4)5)49-41(67)34(21(2)3)48-39(65)29(20-33(61)62)47-37(63)27(15-16-31(57)58)46-42(68)36(23(6)55)50-38(64)28(19-32(59)60)45-24(7)56/h11-14,21-23,27-30,34-36,55H,8-10,15-20H2,1-7H3,(H,45,56)(H,46,68)(H,47,63)(H,48,65)(H,49,67)(H,50,64)(H,51,66)(H,57,58)(H,59,60)(H,61,62)/t23-,27+,28+,29+,30-,34+,35+,36+/m1/s1. The van der Waals surface area contributed by atoms with Gasteiger partial charge in [-0.1, -0.05) is 34.6 Å². The molecule has 9 amide bonds. The molecule has 1 fully saturated rings. The number of hydrogen-bond acceptors (Lipinski definition) is 15. The number of non-ortho nitro benzene ring substituents is 1. The molecule has 0 spiro atoms. The molecule has 8 atom stereocenters. The van der Waals surface area contributed by atoms with Crippen molar-refractivity contribution in [2.45, 2.75) is 142 Å². The zero-order chi connectivity index (χ0) is 54.7. The number of rotatable bonds is 27. The van der Waals surface area contributed by atoms with Crippen LogP contribution in [0.4, 0.5) is 5.69 Å². The molecular weight excluding hydrogens is 957 g/mol. The molecule has 1 aromatic rings. The molecular formula is C44H64N10O18. The van der Waals surface area contributed by atoms with Crippen molar-refractivity contribution in [3.8, 4) is 0 Å². The van der Waals surface area contributed by atoms with Crippen LogP contribution >= 0.6 is 0 Å². The highest BCUT2D eigenvalue weighted by Crippen LogP contribution is 2.22. The van der Waals surface area contributed by atoms with Gasteiger partial charge < -0.3 is 57.2 Å². The highest BCUT2D eigenvalue weighted by Gasteiger charge is 2.41. The molecule has 1 saturated heterocycles. The minimum Gasteiger partial charge on any atom is -0.481 e. The van der Waals surface area contributed by atoms with Gasteiger partial charge in [-0.05, 0) is 56.6 Å². The third-order valence-corrected chi connectivity index (χ3v) is 11.0. The van der Waals surface area contributed by atoms with Crippen LogP contribution in [0, 0.1) is 22.0 Å². The summed E-state index contributed by atoms with van der Waals surface area (Å²) >= 11 is 0. The van der Waals surface area contributed by atoms with Crippen molar-refractivity contribution in [1.29, 1.82) is 0 Å². The van der Waals surface area contributed by atoms with Crippen LogP contribution in [-0.2, 0) is 52.7 Å². The number of aliphatic hydroxyl groups is 1. The Morgan fingerprint density at radius 1 is 0.694 bits per heavy atom. The third kappa shape index (κ3) is 18.5. The highest BCUT2D eigenvalue weighted by atomic mass is 16.6. The molecule has 0 radical (unpaired) electrons. The molecule has 1 heterocycles. The van der Waals surface area contributed by atoms with Gasteiger partial charge in [-0.25, -0.2) is 5.01 Å². The Kier molecular flexibility index (Phi) is 23.6. The van der Waals surface area contributed by atoms with Crippen LogP contribution in [0.5, 0.6) is 0 Å². The van der Waals surface area contributed by atoms with Gasteiger partial charge in [0.25, 0.3) is 17.5 Å². The lowest BCUT2D eigenvalue weighted by atomic mass is 9.98. The number of carboxylic acids is 3. The summed E-state index contributed by atoms with van der Waals surface area (Å²) in [6.07, 6.45) is -4.36. The number of carboxylic acid groups (broad SMARTS) is 3. The van der Waals surface area contributed by atoms with Gasteiger partial charge in [-0.3, -0.25) is 73.1 Å². The molecule has 0 bridgehead atoms. The average Bonchev–Trinajstić information content (AvgIpc) is 3.79. The fraction of sp³-hybridized carbons (Fsp3) is 0.591. The summed E-state index contributed by atoms with van der Waals surface area (Å²) in [4.78, 5) is 167. The van der Waals surface area contributed by atoms with E-state index < -0.39 is 162 Å². The molecule has 0 aromatic heterocycles. The first-order chi connectivity index (χ1) is 33.6. The Morgan fingerprint density at radius 3 is 1.65 bits per heavy atom. The van der Waals surface area contributed by atoms with E-state index in [0.717, 1.165) is 31.0 Å². The van der Waals surface area contributed by atoms with Crippen molar-refractivity contribution >= 4 is 76.8 Å². The van der Waals surface area contributed by atoms with Crippen molar-refractivity contribution in [2.24, 2.45) is 11.8 Å². The number of nitro groups is 1. The molecule has 2 rings (SSSR count). The summed E-state index contributed by atoms with van der Waals surface area (Å²) in [6.45, 7) is 10.1. The summed E-state index contributed by atoms with van der Waals surface area (Å²) in [6, 6.07) is -6.72. The molecule has 11 N–H and O–H groups in total. The normalized spacial score (nSPS) is 16.0. The highest BCUT2D eigenvalue weighted by molar-refractivity contribution is 6.00. The van der Waals surface area contributed by atoms with Gasteiger partial charge in [0.05, 0.1) is 23.9 Å². The SMILES string of the molecule is CCCN(NC(=O)[C@H]1CCCN1C(=O)[C@@H](NC(=O)[C@@H](NC(=O)[C@H](CC(=O)O)NC(=O)[C@H](CCC(=O)O)NC(=O)[C@@H](NC(=O)[C@H](CC(=O)O)NC(C)=O)[C@@H](C)O)C(C)C)C(C)C)C(=O)c1ccc([N+](=O)[O-])cc1. The quantitative estimate of drug-likeness (QED) is 0.0332. The van der Waals surface area contributed by atoms with Gasteiger partial charge in [0.2, 0.25) is 41.4 Å². The maximum atomic E-state index is 14.2. The minimum atomic E-state index is -2.00. The van der Waals surface area contributed by atoms with E-state index in [9.17, 15) is 88.1 Å². The van der Waals surface area contributed by atoms with Crippen molar-refractivity contribution in [3.05, 3.63) is 39.9 Å². The molecule has 0 unspecified atom stereocenters. The van der Waals surface area contributed by atoms with Crippen molar-refractivity contribution in [1.82, 2.24) is 47.2 Å². The molecule has 28 nitrogen and oxygen atoms in total. The van der Waals surface area contributed by atoms with E-state index >= 15 is 0 Å². The summed E-state index contributed by atoms with van der Waals surface area (Å²) in [5.41, 5.74) is 2.35. The van der Waals surface area contributed by atoms with Crippen LogP contribution in [0.25, 0.3) is 0 Å². The first-order valence-electron chi connectivity index (χ1n) is 22.9. The van der Waals surface area contributed by atoms with Crippen LogP contribution in [0.1, 0.15) is 104 Å².